The summed E-state index contributed by atoms with van der Waals surface area (Å²) in [6.07, 6.45) is 0. The third-order valence-corrected chi connectivity index (χ3v) is 2.69. The second kappa shape index (κ2) is 6.29. The van der Waals surface area contributed by atoms with E-state index in [-0.39, 0.29) is 12.5 Å². The van der Waals surface area contributed by atoms with E-state index in [1.165, 1.54) is 0 Å². The normalized spacial score (nSPS) is 10.2. The van der Waals surface area contributed by atoms with Crippen LogP contribution in [-0.2, 0) is 11.3 Å². The topological polar surface area (TPSA) is 51.5 Å². The number of halogens is 1. The predicted molar refractivity (Wildman–Crippen MR) is 72.2 cm³/mol. The number of furan rings is 1. The van der Waals surface area contributed by atoms with Crippen LogP contribution in [0.5, 0.6) is 5.75 Å². The Morgan fingerprint density at radius 1 is 1.26 bits per heavy atom. The first kappa shape index (κ1) is 13.5. The molecule has 0 aliphatic carbocycles. The number of carbonyl (C=O) groups is 1. The molecule has 0 saturated carbocycles. The number of benzene rings is 1. The molecule has 1 amide bonds. The molecule has 1 N–H and O–H groups in total. The van der Waals surface area contributed by atoms with Crippen LogP contribution in [0.4, 0.5) is 0 Å². The van der Waals surface area contributed by atoms with Crippen LogP contribution in [0.1, 0.15) is 11.5 Å². The lowest BCUT2D eigenvalue weighted by atomic mass is 10.3. The fourth-order valence-corrected chi connectivity index (χ4v) is 1.62. The van der Waals surface area contributed by atoms with Gasteiger partial charge >= 0.3 is 0 Å². The van der Waals surface area contributed by atoms with Gasteiger partial charge in [0.15, 0.2) is 6.61 Å². The molecule has 4 nitrogen and oxygen atoms in total. The molecule has 0 atom stereocenters. The van der Waals surface area contributed by atoms with E-state index in [1.54, 1.807) is 24.3 Å². The maximum Gasteiger partial charge on any atom is 0.258 e. The lowest BCUT2D eigenvalue weighted by Gasteiger charge is -2.06. The van der Waals surface area contributed by atoms with Gasteiger partial charge in [-0.3, -0.25) is 4.79 Å². The molecule has 0 saturated heterocycles. The minimum atomic E-state index is -0.205. The van der Waals surface area contributed by atoms with Crippen molar-refractivity contribution in [1.29, 1.82) is 0 Å². The smallest absolute Gasteiger partial charge is 0.258 e. The summed E-state index contributed by atoms with van der Waals surface area (Å²) in [5.74, 6) is 1.94. The second-order valence-corrected chi connectivity index (χ2v) is 4.47. The maximum absolute atomic E-state index is 11.6. The highest BCUT2D eigenvalue weighted by Gasteiger charge is 2.04. The van der Waals surface area contributed by atoms with Crippen molar-refractivity contribution in [3.05, 3.63) is 52.9 Å². The zero-order valence-corrected chi connectivity index (χ0v) is 11.2. The van der Waals surface area contributed by atoms with Crippen LogP contribution in [-0.4, -0.2) is 12.5 Å². The summed E-state index contributed by atoms with van der Waals surface area (Å²) in [5, 5.41) is 3.34. The standard InChI is InChI=1S/C14H14ClNO3/c1-10-2-5-13(19-10)8-16-14(17)9-18-12-6-3-11(15)4-7-12/h2-7H,8-9H2,1H3,(H,16,17). The van der Waals surface area contributed by atoms with Gasteiger partial charge in [-0.1, -0.05) is 11.6 Å². The molecule has 0 spiro atoms. The number of rotatable bonds is 5. The highest BCUT2D eigenvalue weighted by atomic mass is 35.5. The Bertz CT molecular complexity index is 548. The summed E-state index contributed by atoms with van der Waals surface area (Å²) >= 11 is 5.75. The molecule has 0 fully saturated rings. The number of aryl methyl sites for hydroxylation is 1. The van der Waals surface area contributed by atoms with Crippen molar-refractivity contribution < 1.29 is 13.9 Å². The van der Waals surface area contributed by atoms with E-state index in [0.717, 1.165) is 11.5 Å². The monoisotopic (exact) mass is 279 g/mol. The first-order valence-electron chi connectivity index (χ1n) is 5.84. The molecule has 0 aliphatic rings. The van der Waals surface area contributed by atoms with Crippen molar-refractivity contribution in [3.8, 4) is 5.75 Å². The van der Waals surface area contributed by atoms with Crippen molar-refractivity contribution in [3.63, 3.8) is 0 Å². The quantitative estimate of drug-likeness (QED) is 0.915. The summed E-state index contributed by atoms with van der Waals surface area (Å²) in [4.78, 5) is 11.6. The van der Waals surface area contributed by atoms with Crippen molar-refractivity contribution in [2.24, 2.45) is 0 Å². The fraction of sp³-hybridized carbons (Fsp3) is 0.214. The molecule has 2 rings (SSSR count). The van der Waals surface area contributed by atoms with E-state index >= 15 is 0 Å². The van der Waals surface area contributed by atoms with Crippen molar-refractivity contribution in [2.45, 2.75) is 13.5 Å². The van der Waals surface area contributed by atoms with Crippen molar-refractivity contribution >= 4 is 17.5 Å². The highest BCUT2D eigenvalue weighted by molar-refractivity contribution is 6.30. The Balaban J connectivity index is 1.74. The van der Waals surface area contributed by atoms with Gasteiger partial charge in [0, 0.05) is 5.02 Å². The first-order chi connectivity index (χ1) is 9.13. The average molecular weight is 280 g/mol. The lowest BCUT2D eigenvalue weighted by molar-refractivity contribution is -0.123. The molecule has 1 aromatic carbocycles. The van der Waals surface area contributed by atoms with Crippen molar-refractivity contribution in [2.75, 3.05) is 6.61 Å². The predicted octanol–water partition coefficient (Wildman–Crippen LogP) is 2.94. The van der Waals surface area contributed by atoms with Crippen molar-refractivity contribution in [1.82, 2.24) is 5.32 Å². The van der Waals surface area contributed by atoms with Gasteiger partial charge < -0.3 is 14.5 Å². The van der Waals surface area contributed by atoms with E-state index < -0.39 is 0 Å². The van der Waals surface area contributed by atoms with Gasteiger partial charge in [-0.2, -0.15) is 0 Å². The molecule has 19 heavy (non-hydrogen) atoms. The largest absolute Gasteiger partial charge is 0.484 e. The molecular formula is C14H14ClNO3. The zero-order valence-electron chi connectivity index (χ0n) is 10.5. The second-order valence-electron chi connectivity index (χ2n) is 4.03. The molecule has 1 aromatic heterocycles. The Labute approximate surface area is 116 Å². The summed E-state index contributed by atoms with van der Waals surface area (Å²) in [6.45, 7) is 2.17. The van der Waals surface area contributed by atoms with Crippen LogP contribution in [0.2, 0.25) is 5.02 Å². The number of amides is 1. The van der Waals surface area contributed by atoms with E-state index in [1.807, 2.05) is 19.1 Å². The van der Waals surface area contributed by atoms with Crippen LogP contribution in [0.3, 0.4) is 0 Å². The molecule has 5 heteroatoms. The number of hydrogen-bond donors (Lipinski definition) is 1. The van der Waals surface area contributed by atoms with E-state index in [2.05, 4.69) is 5.32 Å². The molecule has 100 valence electrons. The SMILES string of the molecule is Cc1ccc(CNC(=O)COc2ccc(Cl)cc2)o1. The molecule has 1 heterocycles. The van der Waals surface area contributed by atoms with Crippen LogP contribution in [0.15, 0.2) is 40.8 Å². The minimum absolute atomic E-state index is 0.0404. The summed E-state index contributed by atoms with van der Waals surface area (Å²) < 4.78 is 10.7. The average Bonchev–Trinajstić information content (AvgIpc) is 2.81. The molecule has 0 radical (unpaired) electrons. The summed E-state index contributed by atoms with van der Waals surface area (Å²) in [7, 11) is 0. The molecule has 0 bridgehead atoms. The first-order valence-corrected chi connectivity index (χ1v) is 6.21. The number of hydrogen-bond acceptors (Lipinski definition) is 3. The Kier molecular flexibility index (Phi) is 4.47. The number of nitrogens with one attached hydrogen (secondary N) is 1. The Morgan fingerprint density at radius 3 is 2.63 bits per heavy atom. The molecule has 0 unspecified atom stereocenters. The molecular weight excluding hydrogens is 266 g/mol. The van der Waals surface area contributed by atoms with Crippen LogP contribution in [0.25, 0.3) is 0 Å². The molecule has 0 aliphatic heterocycles. The highest BCUT2D eigenvalue weighted by Crippen LogP contribution is 2.15. The maximum atomic E-state index is 11.6. The fourth-order valence-electron chi connectivity index (χ4n) is 1.50. The molecule has 2 aromatic rings. The van der Waals surface area contributed by atoms with Crippen LogP contribution < -0.4 is 10.1 Å². The van der Waals surface area contributed by atoms with Gasteiger partial charge in [0.05, 0.1) is 6.54 Å². The van der Waals surface area contributed by atoms with E-state index in [4.69, 9.17) is 20.8 Å². The van der Waals surface area contributed by atoms with E-state index in [0.29, 0.717) is 17.3 Å². The van der Waals surface area contributed by atoms with Gasteiger partial charge in [-0.05, 0) is 43.3 Å². The minimum Gasteiger partial charge on any atom is -0.484 e. The number of carbonyl (C=O) groups excluding carboxylic acids is 1. The Morgan fingerprint density at radius 2 is 2.00 bits per heavy atom. The summed E-state index contributed by atoms with van der Waals surface area (Å²) in [5.41, 5.74) is 0. The van der Waals surface area contributed by atoms with Gasteiger partial charge in [-0.15, -0.1) is 0 Å². The van der Waals surface area contributed by atoms with Gasteiger partial charge in [-0.25, -0.2) is 0 Å². The van der Waals surface area contributed by atoms with Gasteiger partial charge in [0.1, 0.15) is 17.3 Å². The summed E-state index contributed by atoms with van der Waals surface area (Å²) in [6, 6.07) is 10.5. The van der Waals surface area contributed by atoms with Gasteiger partial charge in [0.2, 0.25) is 0 Å². The zero-order chi connectivity index (χ0) is 13.7. The Hall–Kier alpha value is -1.94. The van der Waals surface area contributed by atoms with Crippen LogP contribution >= 0.6 is 11.6 Å². The van der Waals surface area contributed by atoms with Gasteiger partial charge in [0.25, 0.3) is 5.91 Å². The third kappa shape index (κ3) is 4.34. The third-order valence-electron chi connectivity index (χ3n) is 2.44. The lowest BCUT2D eigenvalue weighted by Crippen LogP contribution is -2.28. The van der Waals surface area contributed by atoms with Crippen LogP contribution in [0, 0.1) is 6.92 Å². The van der Waals surface area contributed by atoms with E-state index in [9.17, 15) is 4.79 Å². The number of ether oxygens (including phenoxy) is 1.